The minimum atomic E-state index is 0.129. The maximum Gasteiger partial charge on any atom is 0.0931 e. The van der Waals surface area contributed by atoms with Crippen molar-refractivity contribution < 1.29 is 5.11 Å². The molecular formula is C18H17Cl2N3O. The lowest BCUT2D eigenvalue weighted by molar-refractivity contribution is 0.266. The van der Waals surface area contributed by atoms with Gasteiger partial charge in [-0.3, -0.25) is 0 Å². The first-order valence-electron chi connectivity index (χ1n) is 7.98. The van der Waals surface area contributed by atoms with Gasteiger partial charge >= 0.3 is 0 Å². The average molecular weight is 362 g/mol. The van der Waals surface area contributed by atoms with E-state index < -0.39 is 0 Å². The van der Waals surface area contributed by atoms with Crippen molar-refractivity contribution in [3.8, 4) is 11.3 Å². The van der Waals surface area contributed by atoms with Gasteiger partial charge in [-0.2, -0.15) is 0 Å². The van der Waals surface area contributed by atoms with Gasteiger partial charge in [0.2, 0.25) is 0 Å². The zero-order chi connectivity index (χ0) is 16.7. The first kappa shape index (κ1) is 15.8. The zero-order valence-corrected chi connectivity index (χ0v) is 14.5. The molecule has 1 aliphatic rings. The van der Waals surface area contributed by atoms with Gasteiger partial charge in [-0.05, 0) is 37.1 Å². The minimum Gasteiger partial charge on any atom is -0.394 e. The first-order valence-corrected chi connectivity index (χ1v) is 8.74. The van der Waals surface area contributed by atoms with E-state index in [-0.39, 0.29) is 12.6 Å². The third-order valence-corrected chi connectivity index (χ3v) is 5.44. The van der Waals surface area contributed by atoms with Crippen LogP contribution in [0.5, 0.6) is 0 Å². The van der Waals surface area contributed by atoms with Gasteiger partial charge in [0.15, 0.2) is 0 Å². The maximum atomic E-state index is 9.71. The van der Waals surface area contributed by atoms with E-state index in [0.717, 1.165) is 41.7 Å². The van der Waals surface area contributed by atoms with Crippen molar-refractivity contribution in [2.45, 2.75) is 18.9 Å². The van der Waals surface area contributed by atoms with Crippen LogP contribution in [0.15, 0.2) is 36.7 Å². The monoisotopic (exact) mass is 361 g/mol. The molecule has 1 aliphatic heterocycles. The van der Waals surface area contributed by atoms with Gasteiger partial charge in [-0.25, -0.2) is 4.98 Å². The highest BCUT2D eigenvalue weighted by molar-refractivity contribution is 6.45. The number of nitrogens with zero attached hydrogens (tertiary/aromatic N) is 2. The molecule has 24 heavy (non-hydrogen) atoms. The SMILES string of the molecule is OC[C@@H]1CCCN1c1cc(-c2cc[nH]c2)nc2c(Cl)c(Cl)ccc12. The molecule has 1 saturated heterocycles. The Bertz CT molecular complexity index is 880. The van der Waals surface area contributed by atoms with E-state index in [1.54, 1.807) is 6.07 Å². The topological polar surface area (TPSA) is 52.1 Å². The molecule has 0 unspecified atom stereocenters. The number of H-pyrrole nitrogens is 1. The lowest BCUT2D eigenvalue weighted by Gasteiger charge is -2.27. The van der Waals surface area contributed by atoms with Gasteiger partial charge in [0, 0.05) is 35.6 Å². The van der Waals surface area contributed by atoms with Crippen LogP contribution in [0.25, 0.3) is 22.2 Å². The van der Waals surface area contributed by atoms with Crippen LogP contribution in [-0.4, -0.2) is 34.3 Å². The minimum absolute atomic E-state index is 0.129. The molecule has 0 saturated carbocycles. The fourth-order valence-electron chi connectivity index (χ4n) is 3.43. The summed E-state index contributed by atoms with van der Waals surface area (Å²) in [5.41, 5.74) is 3.58. The molecule has 1 atom stereocenters. The number of hydrogen-bond acceptors (Lipinski definition) is 3. The Balaban J connectivity index is 1.98. The summed E-state index contributed by atoms with van der Waals surface area (Å²) in [5, 5.41) is 11.6. The number of halogens is 2. The maximum absolute atomic E-state index is 9.71. The molecule has 6 heteroatoms. The summed E-state index contributed by atoms with van der Waals surface area (Å²) < 4.78 is 0. The number of aliphatic hydroxyl groups excluding tert-OH is 1. The molecule has 0 amide bonds. The molecule has 1 fully saturated rings. The molecule has 2 aromatic heterocycles. The summed E-state index contributed by atoms with van der Waals surface area (Å²) in [6, 6.07) is 7.94. The summed E-state index contributed by atoms with van der Waals surface area (Å²) in [6.45, 7) is 1.06. The van der Waals surface area contributed by atoms with Crippen molar-refractivity contribution in [2.24, 2.45) is 0 Å². The largest absolute Gasteiger partial charge is 0.394 e. The molecule has 124 valence electrons. The number of rotatable bonds is 3. The van der Waals surface area contributed by atoms with Crippen molar-refractivity contribution in [3.63, 3.8) is 0 Å². The third kappa shape index (κ3) is 2.55. The molecule has 0 bridgehead atoms. The Morgan fingerprint density at radius 1 is 1.29 bits per heavy atom. The van der Waals surface area contributed by atoms with Crippen LogP contribution in [0.3, 0.4) is 0 Å². The zero-order valence-electron chi connectivity index (χ0n) is 13.0. The summed E-state index contributed by atoms with van der Waals surface area (Å²) in [4.78, 5) is 10.0. The smallest absolute Gasteiger partial charge is 0.0931 e. The third-order valence-electron chi connectivity index (χ3n) is 4.64. The molecule has 3 heterocycles. The molecular weight excluding hydrogens is 345 g/mol. The second-order valence-corrected chi connectivity index (χ2v) is 6.84. The quantitative estimate of drug-likeness (QED) is 0.722. The van der Waals surface area contributed by atoms with E-state index in [1.807, 2.05) is 24.5 Å². The average Bonchev–Trinajstić information content (AvgIpc) is 3.28. The number of aliphatic hydroxyl groups is 1. The van der Waals surface area contributed by atoms with Crippen LogP contribution < -0.4 is 4.90 Å². The highest BCUT2D eigenvalue weighted by Gasteiger charge is 2.26. The van der Waals surface area contributed by atoms with Crippen molar-refractivity contribution in [1.29, 1.82) is 0 Å². The number of aromatic amines is 1. The number of aromatic nitrogens is 2. The molecule has 4 rings (SSSR count). The van der Waals surface area contributed by atoms with Gasteiger partial charge in [-0.15, -0.1) is 0 Å². The normalized spacial score (nSPS) is 17.8. The molecule has 3 aromatic rings. The molecule has 0 spiro atoms. The van der Waals surface area contributed by atoms with E-state index in [4.69, 9.17) is 28.2 Å². The number of fused-ring (bicyclic) bond motifs is 1. The fraction of sp³-hybridized carbons (Fsp3) is 0.278. The Labute approximate surface area is 150 Å². The van der Waals surface area contributed by atoms with Gasteiger partial charge in [0.25, 0.3) is 0 Å². The number of benzene rings is 1. The Morgan fingerprint density at radius 3 is 2.92 bits per heavy atom. The number of hydrogen-bond donors (Lipinski definition) is 2. The molecule has 0 aliphatic carbocycles. The van der Waals surface area contributed by atoms with Crippen LogP contribution in [0.4, 0.5) is 5.69 Å². The molecule has 2 N–H and O–H groups in total. The fourth-order valence-corrected chi connectivity index (χ4v) is 3.79. The van der Waals surface area contributed by atoms with Crippen LogP contribution in [0.1, 0.15) is 12.8 Å². The van der Waals surface area contributed by atoms with Crippen molar-refractivity contribution in [2.75, 3.05) is 18.1 Å². The van der Waals surface area contributed by atoms with Gasteiger partial charge in [0.1, 0.15) is 0 Å². The molecule has 4 nitrogen and oxygen atoms in total. The van der Waals surface area contributed by atoms with Crippen LogP contribution in [0.2, 0.25) is 10.0 Å². The Hall–Kier alpha value is -1.75. The number of nitrogens with one attached hydrogen (secondary N) is 1. The number of pyridine rings is 1. The van der Waals surface area contributed by atoms with E-state index in [9.17, 15) is 5.11 Å². The van der Waals surface area contributed by atoms with Crippen molar-refractivity contribution in [1.82, 2.24) is 9.97 Å². The standard InChI is InChI=1S/C18H17Cl2N3O/c19-14-4-3-13-16(23-7-1-2-12(23)10-24)8-15(11-5-6-21-9-11)22-18(13)17(14)20/h3-6,8-9,12,21,24H,1-2,7,10H2/t12-/m0/s1. The van der Waals surface area contributed by atoms with Gasteiger partial charge in [0.05, 0.1) is 33.9 Å². The summed E-state index contributed by atoms with van der Waals surface area (Å²) in [6.07, 6.45) is 5.83. The van der Waals surface area contributed by atoms with Gasteiger partial charge < -0.3 is 15.0 Å². The highest BCUT2D eigenvalue weighted by Crippen LogP contribution is 2.39. The summed E-state index contributed by atoms with van der Waals surface area (Å²) in [7, 11) is 0. The summed E-state index contributed by atoms with van der Waals surface area (Å²) >= 11 is 12.6. The van der Waals surface area contributed by atoms with Gasteiger partial charge in [-0.1, -0.05) is 23.2 Å². The van der Waals surface area contributed by atoms with E-state index in [2.05, 4.69) is 16.0 Å². The second kappa shape index (κ2) is 6.28. The van der Waals surface area contributed by atoms with E-state index >= 15 is 0 Å². The van der Waals surface area contributed by atoms with Crippen molar-refractivity contribution in [3.05, 3.63) is 46.7 Å². The lowest BCUT2D eigenvalue weighted by Crippen LogP contribution is -2.32. The Kier molecular flexibility index (Phi) is 4.12. The van der Waals surface area contributed by atoms with E-state index in [0.29, 0.717) is 15.6 Å². The van der Waals surface area contributed by atoms with Crippen LogP contribution in [-0.2, 0) is 0 Å². The highest BCUT2D eigenvalue weighted by atomic mass is 35.5. The predicted molar refractivity (Wildman–Crippen MR) is 99.0 cm³/mol. The second-order valence-electron chi connectivity index (χ2n) is 6.06. The van der Waals surface area contributed by atoms with Crippen molar-refractivity contribution >= 4 is 39.8 Å². The first-order chi connectivity index (χ1) is 11.7. The predicted octanol–water partition coefficient (Wildman–Crippen LogP) is 4.50. The summed E-state index contributed by atoms with van der Waals surface area (Å²) in [5.74, 6) is 0. The lowest BCUT2D eigenvalue weighted by atomic mass is 10.1. The molecule has 0 radical (unpaired) electrons. The van der Waals surface area contributed by atoms with E-state index in [1.165, 1.54) is 0 Å². The number of anilines is 1. The van der Waals surface area contributed by atoms with Crippen LogP contribution in [0, 0.1) is 0 Å². The Morgan fingerprint density at radius 2 is 2.17 bits per heavy atom. The van der Waals surface area contributed by atoms with Crippen LogP contribution >= 0.6 is 23.2 Å². The molecule has 1 aromatic carbocycles.